The third-order valence-corrected chi connectivity index (χ3v) is 3.88. The maximum atomic E-state index is 12.4. The molecule has 0 aromatic heterocycles. The molecule has 0 bridgehead atoms. The van der Waals surface area contributed by atoms with E-state index in [1.54, 1.807) is 0 Å². The molecular formula is C14H19BrN2O4. The lowest BCUT2D eigenvalue weighted by Crippen LogP contribution is -2.45. The van der Waals surface area contributed by atoms with Gasteiger partial charge in [0.25, 0.3) is 11.6 Å². The van der Waals surface area contributed by atoms with Gasteiger partial charge in [0.15, 0.2) is 0 Å². The summed E-state index contributed by atoms with van der Waals surface area (Å²) < 4.78 is 5.09. The van der Waals surface area contributed by atoms with Crippen LogP contribution in [0.1, 0.15) is 37.0 Å². The van der Waals surface area contributed by atoms with E-state index in [2.05, 4.69) is 21.2 Å². The average molecular weight is 359 g/mol. The third kappa shape index (κ3) is 4.42. The van der Waals surface area contributed by atoms with Gasteiger partial charge < -0.3 is 10.1 Å². The highest BCUT2D eigenvalue weighted by molar-refractivity contribution is 9.09. The highest BCUT2D eigenvalue weighted by atomic mass is 79.9. The van der Waals surface area contributed by atoms with Crippen LogP contribution in [-0.4, -0.2) is 28.8 Å². The molecule has 0 spiro atoms. The van der Waals surface area contributed by atoms with Crippen molar-refractivity contribution in [2.24, 2.45) is 0 Å². The number of rotatable bonds is 7. The second-order valence-electron chi connectivity index (χ2n) is 4.95. The van der Waals surface area contributed by atoms with Crippen molar-refractivity contribution >= 4 is 27.5 Å². The van der Waals surface area contributed by atoms with E-state index in [1.807, 2.05) is 13.8 Å². The summed E-state index contributed by atoms with van der Waals surface area (Å²) in [4.78, 5) is 22.6. The average Bonchev–Trinajstić information content (AvgIpc) is 2.46. The van der Waals surface area contributed by atoms with E-state index in [4.69, 9.17) is 4.74 Å². The molecule has 0 heterocycles. The zero-order valence-corrected chi connectivity index (χ0v) is 13.9. The lowest BCUT2D eigenvalue weighted by Gasteiger charge is -2.29. The molecule has 0 saturated carbocycles. The van der Waals surface area contributed by atoms with Gasteiger partial charge in [-0.2, -0.15) is 0 Å². The van der Waals surface area contributed by atoms with Crippen molar-refractivity contribution in [1.82, 2.24) is 5.32 Å². The number of hydrogen-bond acceptors (Lipinski definition) is 4. The summed E-state index contributed by atoms with van der Waals surface area (Å²) in [5.74, 6) is -0.106. The Kier molecular flexibility index (Phi) is 6.14. The molecule has 0 aliphatic heterocycles. The van der Waals surface area contributed by atoms with Gasteiger partial charge in [-0.1, -0.05) is 22.9 Å². The molecule has 1 N–H and O–H groups in total. The predicted molar refractivity (Wildman–Crippen MR) is 84.2 cm³/mol. The molecular weight excluding hydrogens is 340 g/mol. The van der Waals surface area contributed by atoms with E-state index in [9.17, 15) is 14.9 Å². The smallest absolute Gasteiger partial charge is 0.273 e. The molecule has 7 heteroatoms. The zero-order valence-electron chi connectivity index (χ0n) is 12.3. The summed E-state index contributed by atoms with van der Waals surface area (Å²) in [7, 11) is 1.38. The first-order valence-corrected chi connectivity index (χ1v) is 7.70. The molecule has 0 aliphatic carbocycles. The van der Waals surface area contributed by atoms with Gasteiger partial charge in [0.05, 0.1) is 23.7 Å². The Morgan fingerprint density at radius 1 is 1.52 bits per heavy atom. The van der Waals surface area contributed by atoms with Crippen molar-refractivity contribution in [1.29, 1.82) is 0 Å². The Morgan fingerprint density at radius 3 is 2.67 bits per heavy atom. The van der Waals surface area contributed by atoms with E-state index in [1.165, 1.54) is 25.3 Å². The fourth-order valence-electron chi connectivity index (χ4n) is 1.86. The Morgan fingerprint density at radius 2 is 2.19 bits per heavy atom. The van der Waals surface area contributed by atoms with Gasteiger partial charge in [-0.25, -0.2) is 0 Å². The zero-order chi connectivity index (χ0) is 16.0. The van der Waals surface area contributed by atoms with Crippen LogP contribution in [-0.2, 0) is 0 Å². The molecule has 1 amide bonds. The molecule has 0 saturated heterocycles. The summed E-state index contributed by atoms with van der Waals surface area (Å²) in [6.45, 7) is 3.96. The standard InChI is InChI=1S/C14H19BrN2O4/c1-4-14(2,7-8-15)16-13(18)11-6-5-10(17(19)20)9-12(11)21-3/h5-6,9H,4,7-8H2,1-3H3,(H,16,18). The van der Waals surface area contributed by atoms with Gasteiger partial charge in [-0.05, 0) is 25.8 Å². The topological polar surface area (TPSA) is 81.5 Å². The van der Waals surface area contributed by atoms with Gasteiger partial charge in [0, 0.05) is 16.9 Å². The third-order valence-electron chi connectivity index (χ3n) is 3.48. The number of carbonyl (C=O) groups excluding carboxylic acids is 1. The summed E-state index contributed by atoms with van der Waals surface area (Å²) in [6.07, 6.45) is 1.56. The first-order valence-electron chi connectivity index (χ1n) is 6.57. The van der Waals surface area contributed by atoms with E-state index in [-0.39, 0.29) is 28.4 Å². The molecule has 0 fully saturated rings. The van der Waals surface area contributed by atoms with Crippen molar-refractivity contribution < 1.29 is 14.5 Å². The molecule has 1 rings (SSSR count). The van der Waals surface area contributed by atoms with Crippen LogP contribution in [0.2, 0.25) is 0 Å². The summed E-state index contributed by atoms with van der Waals surface area (Å²) in [5.41, 5.74) is -0.160. The van der Waals surface area contributed by atoms with Crippen LogP contribution in [0.4, 0.5) is 5.69 Å². The molecule has 0 aliphatic rings. The van der Waals surface area contributed by atoms with Crippen LogP contribution < -0.4 is 10.1 Å². The Hall–Kier alpha value is -1.63. The summed E-state index contributed by atoms with van der Waals surface area (Å²) in [5, 5.41) is 14.5. The van der Waals surface area contributed by atoms with Gasteiger partial charge in [-0.3, -0.25) is 14.9 Å². The lowest BCUT2D eigenvalue weighted by molar-refractivity contribution is -0.384. The second kappa shape index (κ2) is 7.40. The van der Waals surface area contributed by atoms with Gasteiger partial charge in [0.1, 0.15) is 5.75 Å². The summed E-state index contributed by atoms with van der Waals surface area (Å²) >= 11 is 3.37. The van der Waals surface area contributed by atoms with Crippen molar-refractivity contribution in [3.05, 3.63) is 33.9 Å². The quantitative estimate of drug-likeness (QED) is 0.460. The maximum Gasteiger partial charge on any atom is 0.273 e. The van der Waals surface area contributed by atoms with Crippen molar-refractivity contribution in [3.8, 4) is 5.75 Å². The van der Waals surface area contributed by atoms with Crippen LogP contribution in [0.15, 0.2) is 18.2 Å². The Labute approximate surface area is 132 Å². The highest BCUT2D eigenvalue weighted by Crippen LogP contribution is 2.26. The van der Waals surface area contributed by atoms with Crippen molar-refractivity contribution in [2.75, 3.05) is 12.4 Å². The van der Waals surface area contributed by atoms with Gasteiger partial charge in [-0.15, -0.1) is 0 Å². The van der Waals surface area contributed by atoms with Crippen LogP contribution in [0.3, 0.4) is 0 Å². The predicted octanol–water partition coefficient (Wildman–Crippen LogP) is 3.29. The number of nitro groups is 1. The SMILES string of the molecule is CCC(C)(CCBr)NC(=O)c1ccc([N+](=O)[O-])cc1OC. The normalized spacial score (nSPS) is 13.3. The van der Waals surface area contributed by atoms with Gasteiger partial charge in [0.2, 0.25) is 0 Å². The molecule has 21 heavy (non-hydrogen) atoms. The fraction of sp³-hybridized carbons (Fsp3) is 0.500. The first kappa shape index (κ1) is 17.4. The summed E-state index contributed by atoms with van der Waals surface area (Å²) in [6, 6.07) is 3.96. The van der Waals surface area contributed by atoms with E-state index in [0.717, 1.165) is 18.2 Å². The number of ether oxygens (including phenoxy) is 1. The van der Waals surface area contributed by atoms with Gasteiger partial charge >= 0.3 is 0 Å². The molecule has 0 radical (unpaired) electrons. The molecule has 116 valence electrons. The first-order chi connectivity index (χ1) is 9.86. The maximum absolute atomic E-state index is 12.4. The molecule has 1 atom stereocenters. The van der Waals surface area contributed by atoms with Crippen LogP contribution >= 0.6 is 15.9 Å². The largest absolute Gasteiger partial charge is 0.496 e. The number of nitrogens with one attached hydrogen (secondary N) is 1. The van der Waals surface area contributed by atoms with Crippen LogP contribution in [0.25, 0.3) is 0 Å². The number of carbonyl (C=O) groups is 1. The fourth-order valence-corrected chi connectivity index (χ4v) is 2.73. The number of benzene rings is 1. The number of amides is 1. The van der Waals surface area contributed by atoms with Crippen LogP contribution in [0.5, 0.6) is 5.75 Å². The number of alkyl halides is 1. The Bertz CT molecular complexity index is 536. The molecule has 1 aromatic rings. The lowest BCUT2D eigenvalue weighted by atomic mass is 9.95. The second-order valence-corrected chi connectivity index (χ2v) is 5.74. The number of methoxy groups -OCH3 is 1. The number of nitro benzene ring substituents is 1. The van der Waals surface area contributed by atoms with E-state index >= 15 is 0 Å². The minimum absolute atomic E-state index is 0.109. The van der Waals surface area contributed by atoms with E-state index in [0.29, 0.717) is 0 Å². The molecule has 1 aromatic carbocycles. The minimum Gasteiger partial charge on any atom is -0.496 e. The van der Waals surface area contributed by atoms with Crippen molar-refractivity contribution in [3.63, 3.8) is 0 Å². The van der Waals surface area contributed by atoms with Crippen LogP contribution in [0, 0.1) is 10.1 Å². The highest BCUT2D eigenvalue weighted by Gasteiger charge is 2.26. The monoisotopic (exact) mass is 358 g/mol. The number of halogens is 1. The van der Waals surface area contributed by atoms with E-state index < -0.39 is 4.92 Å². The number of nitrogens with zero attached hydrogens (tertiary/aromatic N) is 1. The van der Waals surface area contributed by atoms with Crippen molar-refractivity contribution in [2.45, 2.75) is 32.2 Å². The Balaban J connectivity index is 3.04. The molecule has 1 unspecified atom stereocenters. The minimum atomic E-state index is -0.523. The number of non-ortho nitro benzene ring substituents is 1. The number of hydrogen-bond donors (Lipinski definition) is 1. The molecule has 6 nitrogen and oxygen atoms in total.